The molecule has 0 aromatic heterocycles. The lowest BCUT2D eigenvalue weighted by Gasteiger charge is -1.94. The van der Waals surface area contributed by atoms with Crippen molar-refractivity contribution in [1.29, 1.82) is 0 Å². The summed E-state index contributed by atoms with van der Waals surface area (Å²) in [4.78, 5) is 0. The third kappa shape index (κ3) is 3.56. The van der Waals surface area contributed by atoms with Gasteiger partial charge in [-0.3, -0.25) is 0 Å². The van der Waals surface area contributed by atoms with Gasteiger partial charge in [0.05, 0.1) is 0 Å². The molecule has 17 heavy (non-hydrogen) atoms. The highest BCUT2D eigenvalue weighted by atomic mass is 127. The van der Waals surface area contributed by atoms with Crippen molar-refractivity contribution in [1.82, 2.24) is 0 Å². The van der Waals surface area contributed by atoms with Crippen molar-refractivity contribution in [3.63, 3.8) is 0 Å². The van der Waals surface area contributed by atoms with Crippen LogP contribution < -0.4 is 21.2 Å². The molecular formula is C16H18I+. The Balaban J connectivity index is 2.08. The first-order chi connectivity index (χ1) is 8.31. The maximum absolute atomic E-state index is 2.29. The molecule has 88 valence electrons. The van der Waals surface area contributed by atoms with E-state index in [4.69, 9.17) is 0 Å². The number of halogens is 1. The number of rotatable bonds is 4. The number of hydrogen-bond acceptors (Lipinski definition) is 0. The lowest BCUT2D eigenvalue weighted by atomic mass is 10.2. The van der Waals surface area contributed by atoms with E-state index in [1.807, 2.05) is 0 Å². The Labute approximate surface area is 114 Å². The first-order valence-corrected chi connectivity index (χ1v) is 8.30. The first kappa shape index (κ1) is 12.6. The molecular weight excluding hydrogens is 319 g/mol. The van der Waals surface area contributed by atoms with Gasteiger partial charge in [-0.15, -0.1) is 0 Å². The molecule has 0 bridgehead atoms. The second kappa shape index (κ2) is 6.20. The van der Waals surface area contributed by atoms with Crippen LogP contribution in [0.3, 0.4) is 0 Å². The molecule has 0 fully saturated rings. The molecule has 2 rings (SSSR count). The molecule has 0 amide bonds. The standard InChI is InChI=1S/C16H18I/c1-3-13-5-9-15(10-6-13)17-16-11-7-14(4-2)8-12-16/h5-12H,3-4H2,1-2H3/q+1. The Morgan fingerprint density at radius 1 is 0.647 bits per heavy atom. The van der Waals surface area contributed by atoms with Crippen LogP contribution in [0.4, 0.5) is 0 Å². The van der Waals surface area contributed by atoms with E-state index in [0.29, 0.717) is 0 Å². The van der Waals surface area contributed by atoms with Crippen molar-refractivity contribution in [3.8, 4) is 0 Å². The van der Waals surface area contributed by atoms with Crippen LogP contribution in [0, 0.1) is 7.14 Å². The Bertz CT molecular complexity index is 408. The molecule has 0 heterocycles. The molecule has 2 aromatic rings. The van der Waals surface area contributed by atoms with E-state index < -0.39 is 0 Å². The molecule has 0 atom stereocenters. The Morgan fingerprint density at radius 3 is 1.29 bits per heavy atom. The summed E-state index contributed by atoms with van der Waals surface area (Å²) >= 11 is -0.00746. The SMILES string of the molecule is CCc1ccc([I+]c2ccc(CC)cc2)cc1. The molecule has 1 heteroatoms. The van der Waals surface area contributed by atoms with E-state index in [1.165, 1.54) is 18.3 Å². The van der Waals surface area contributed by atoms with Crippen LogP contribution in [0.5, 0.6) is 0 Å². The van der Waals surface area contributed by atoms with Gasteiger partial charge in [0.1, 0.15) is 0 Å². The second-order valence-electron chi connectivity index (χ2n) is 4.05. The zero-order valence-electron chi connectivity index (χ0n) is 10.4. The van der Waals surface area contributed by atoms with Gasteiger partial charge in [0.2, 0.25) is 0 Å². The zero-order chi connectivity index (χ0) is 12.1. The van der Waals surface area contributed by atoms with Crippen LogP contribution in [0.2, 0.25) is 0 Å². The lowest BCUT2D eigenvalue weighted by molar-refractivity contribution is -0.597. The van der Waals surface area contributed by atoms with E-state index in [9.17, 15) is 0 Å². The Kier molecular flexibility index (Phi) is 4.60. The van der Waals surface area contributed by atoms with Gasteiger partial charge in [-0.2, -0.15) is 0 Å². The lowest BCUT2D eigenvalue weighted by Crippen LogP contribution is -3.61. The van der Waals surface area contributed by atoms with Crippen LogP contribution in [0.1, 0.15) is 25.0 Å². The molecule has 0 nitrogen and oxygen atoms in total. The van der Waals surface area contributed by atoms with Crippen LogP contribution in [0.15, 0.2) is 48.5 Å². The topological polar surface area (TPSA) is 0 Å². The zero-order valence-corrected chi connectivity index (χ0v) is 12.6. The van der Waals surface area contributed by atoms with Crippen LogP contribution in [0.25, 0.3) is 0 Å². The summed E-state index contributed by atoms with van der Waals surface area (Å²) in [6.45, 7) is 4.40. The van der Waals surface area contributed by atoms with E-state index in [1.54, 1.807) is 0 Å². The van der Waals surface area contributed by atoms with Crippen LogP contribution >= 0.6 is 0 Å². The van der Waals surface area contributed by atoms with Crippen molar-refractivity contribution >= 4 is 0 Å². The molecule has 0 N–H and O–H groups in total. The third-order valence-corrected chi connectivity index (χ3v) is 5.55. The summed E-state index contributed by atoms with van der Waals surface area (Å²) in [5.74, 6) is 0. The minimum Gasteiger partial charge on any atom is -0.0613 e. The Morgan fingerprint density at radius 2 is 1.00 bits per heavy atom. The number of benzene rings is 2. The third-order valence-electron chi connectivity index (χ3n) is 2.86. The fourth-order valence-electron chi connectivity index (χ4n) is 1.69. The maximum Gasteiger partial charge on any atom is 0.357 e. The fraction of sp³-hybridized carbons (Fsp3) is 0.250. The summed E-state index contributed by atoms with van der Waals surface area (Å²) in [6, 6.07) is 18.2. The van der Waals surface area contributed by atoms with Gasteiger partial charge in [-0.25, -0.2) is 0 Å². The smallest absolute Gasteiger partial charge is 0.0613 e. The predicted octanol–water partition coefficient (Wildman–Crippen LogP) is 0.940. The fourth-order valence-corrected chi connectivity index (χ4v) is 3.85. The molecule has 0 aliphatic heterocycles. The average molecular weight is 337 g/mol. The quantitative estimate of drug-likeness (QED) is 0.729. The summed E-state index contributed by atoms with van der Waals surface area (Å²) in [7, 11) is 0. The minimum absolute atomic E-state index is 0.00746. The van der Waals surface area contributed by atoms with Gasteiger partial charge < -0.3 is 0 Å². The molecule has 2 aromatic carbocycles. The normalized spacial score (nSPS) is 10.5. The van der Waals surface area contributed by atoms with E-state index in [-0.39, 0.29) is 21.2 Å². The van der Waals surface area contributed by atoms with Crippen molar-refractivity contribution in [2.75, 3.05) is 0 Å². The monoisotopic (exact) mass is 337 g/mol. The highest BCUT2D eigenvalue weighted by Gasteiger charge is 2.14. The van der Waals surface area contributed by atoms with Crippen molar-refractivity contribution < 1.29 is 21.2 Å². The molecule has 0 aliphatic carbocycles. The van der Waals surface area contributed by atoms with Gasteiger partial charge >= 0.3 is 21.2 Å². The number of aryl methyl sites for hydroxylation is 2. The molecule has 0 spiro atoms. The van der Waals surface area contributed by atoms with E-state index in [0.717, 1.165) is 12.8 Å². The van der Waals surface area contributed by atoms with Gasteiger partial charge in [0.15, 0.2) is 7.14 Å². The molecule has 0 saturated heterocycles. The number of hydrogen-bond donors (Lipinski definition) is 0. The van der Waals surface area contributed by atoms with Crippen LogP contribution in [-0.4, -0.2) is 0 Å². The Hall–Kier alpha value is -0.830. The predicted molar refractivity (Wildman–Crippen MR) is 69.0 cm³/mol. The molecule has 0 unspecified atom stereocenters. The van der Waals surface area contributed by atoms with E-state index in [2.05, 4.69) is 62.4 Å². The molecule has 0 saturated carbocycles. The van der Waals surface area contributed by atoms with Gasteiger partial charge in [-0.05, 0) is 48.2 Å². The second-order valence-corrected chi connectivity index (χ2v) is 7.09. The van der Waals surface area contributed by atoms with Gasteiger partial charge in [0.25, 0.3) is 0 Å². The highest BCUT2D eigenvalue weighted by molar-refractivity contribution is 5.15. The minimum atomic E-state index is -0.00746. The maximum atomic E-state index is 2.29. The molecule has 0 aliphatic rings. The van der Waals surface area contributed by atoms with Crippen molar-refractivity contribution in [2.45, 2.75) is 26.7 Å². The van der Waals surface area contributed by atoms with Crippen molar-refractivity contribution in [2.24, 2.45) is 0 Å². The summed E-state index contributed by atoms with van der Waals surface area (Å²) in [5, 5.41) is 0. The van der Waals surface area contributed by atoms with E-state index >= 15 is 0 Å². The van der Waals surface area contributed by atoms with Gasteiger partial charge in [-0.1, -0.05) is 38.1 Å². The molecule has 0 radical (unpaired) electrons. The average Bonchev–Trinajstić information content (AvgIpc) is 2.40. The first-order valence-electron chi connectivity index (χ1n) is 6.14. The summed E-state index contributed by atoms with van der Waals surface area (Å²) < 4.78 is 3.01. The largest absolute Gasteiger partial charge is 0.357 e. The van der Waals surface area contributed by atoms with Crippen molar-refractivity contribution in [3.05, 3.63) is 66.8 Å². The summed E-state index contributed by atoms with van der Waals surface area (Å²) in [5.41, 5.74) is 2.86. The summed E-state index contributed by atoms with van der Waals surface area (Å²) in [6.07, 6.45) is 2.26. The van der Waals surface area contributed by atoms with Gasteiger partial charge in [0, 0.05) is 0 Å². The van der Waals surface area contributed by atoms with Crippen LogP contribution in [-0.2, 0) is 12.8 Å². The highest BCUT2D eigenvalue weighted by Crippen LogP contribution is 1.99.